The van der Waals surface area contributed by atoms with Gasteiger partial charge in [-0.1, -0.05) is 42.5 Å². The minimum atomic E-state index is -0.465. The van der Waals surface area contributed by atoms with E-state index in [4.69, 9.17) is 0 Å². The number of allylic oxidation sites excluding steroid dienone is 1. The highest BCUT2D eigenvalue weighted by Crippen LogP contribution is 2.33. The normalized spacial score (nSPS) is 16.9. The number of fused-ring (bicyclic) bond motifs is 1. The van der Waals surface area contributed by atoms with E-state index in [1.54, 1.807) is 0 Å². The second-order valence-corrected chi connectivity index (χ2v) is 4.50. The molecule has 2 aromatic rings. The van der Waals surface area contributed by atoms with Crippen LogP contribution in [0.5, 0.6) is 0 Å². The molecule has 0 heterocycles. The van der Waals surface area contributed by atoms with Crippen molar-refractivity contribution in [2.75, 3.05) is 0 Å². The Balaban J connectivity index is 1.94. The van der Waals surface area contributed by atoms with Crippen molar-refractivity contribution in [1.29, 1.82) is 0 Å². The van der Waals surface area contributed by atoms with E-state index in [0.717, 1.165) is 11.1 Å². The molecule has 18 heavy (non-hydrogen) atoms. The van der Waals surface area contributed by atoms with Gasteiger partial charge in [0.15, 0.2) is 0 Å². The molecule has 0 N–H and O–H groups in total. The Bertz CT molecular complexity index is 594. The summed E-state index contributed by atoms with van der Waals surface area (Å²) in [7, 11) is 0. The van der Waals surface area contributed by atoms with Gasteiger partial charge in [-0.2, -0.15) is 0 Å². The molecule has 1 unspecified atom stereocenters. The van der Waals surface area contributed by atoms with Crippen molar-refractivity contribution in [3.8, 4) is 0 Å². The molecule has 1 atom stereocenters. The maximum atomic E-state index is 13.6. The summed E-state index contributed by atoms with van der Waals surface area (Å²) in [6.07, 6.45) is 4.39. The van der Waals surface area contributed by atoms with E-state index in [1.165, 1.54) is 18.2 Å². The van der Waals surface area contributed by atoms with Crippen LogP contribution in [0.15, 0.2) is 48.5 Å². The Hall–Kier alpha value is -1.96. The highest BCUT2D eigenvalue weighted by molar-refractivity contribution is 5.62. The molecule has 0 aliphatic heterocycles. The van der Waals surface area contributed by atoms with Crippen LogP contribution in [-0.4, -0.2) is 0 Å². The van der Waals surface area contributed by atoms with E-state index in [2.05, 4.69) is 0 Å². The van der Waals surface area contributed by atoms with Gasteiger partial charge < -0.3 is 0 Å². The lowest BCUT2D eigenvalue weighted by Crippen LogP contribution is -2.03. The Morgan fingerprint density at radius 3 is 2.39 bits per heavy atom. The monoisotopic (exact) mass is 242 g/mol. The second kappa shape index (κ2) is 4.37. The SMILES string of the molecule is Fc1cccc(F)c1CC1C=Cc2ccccc21. The summed E-state index contributed by atoms with van der Waals surface area (Å²) >= 11 is 0. The Labute approximate surface area is 105 Å². The third-order valence-electron chi connectivity index (χ3n) is 3.39. The number of rotatable bonds is 2. The largest absolute Gasteiger partial charge is 0.207 e. The first kappa shape index (κ1) is 11.1. The maximum absolute atomic E-state index is 13.6. The summed E-state index contributed by atoms with van der Waals surface area (Å²) in [5.74, 6) is -0.867. The third kappa shape index (κ3) is 1.84. The molecular weight excluding hydrogens is 230 g/mol. The average molecular weight is 242 g/mol. The molecule has 0 aromatic heterocycles. The smallest absolute Gasteiger partial charge is 0.129 e. The quantitative estimate of drug-likeness (QED) is 0.735. The zero-order chi connectivity index (χ0) is 12.5. The van der Waals surface area contributed by atoms with Gasteiger partial charge in [-0.05, 0) is 29.7 Å². The van der Waals surface area contributed by atoms with Gasteiger partial charge in [-0.3, -0.25) is 0 Å². The van der Waals surface area contributed by atoms with E-state index < -0.39 is 11.6 Å². The van der Waals surface area contributed by atoms with Crippen LogP contribution in [0, 0.1) is 11.6 Å². The van der Waals surface area contributed by atoms with E-state index in [9.17, 15) is 8.78 Å². The summed E-state index contributed by atoms with van der Waals surface area (Å²) in [5.41, 5.74) is 2.45. The number of halogens is 2. The number of hydrogen-bond donors (Lipinski definition) is 0. The van der Waals surface area contributed by atoms with Crippen molar-refractivity contribution in [3.63, 3.8) is 0 Å². The van der Waals surface area contributed by atoms with E-state index in [-0.39, 0.29) is 11.5 Å². The van der Waals surface area contributed by atoms with Crippen LogP contribution in [0.4, 0.5) is 8.78 Å². The summed E-state index contributed by atoms with van der Waals surface area (Å²) < 4.78 is 27.2. The van der Waals surface area contributed by atoms with Gasteiger partial charge in [0.25, 0.3) is 0 Å². The number of benzene rings is 2. The van der Waals surface area contributed by atoms with Crippen molar-refractivity contribution in [2.24, 2.45) is 0 Å². The van der Waals surface area contributed by atoms with Gasteiger partial charge in [0.05, 0.1) is 0 Å². The fourth-order valence-electron chi connectivity index (χ4n) is 2.45. The molecule has 0 fully saturated rings. The van der Waals surface area contributed by atoms with Gasteiger partial charge in [-0.25, -0.2) is 8.78 Å². The molecule has 0 bridgehead atoms. The zero-order valence-electron chi connectivity index (χ0n) is 9.74. The van der Waals surface area contributed by atoms with Crippen LogP contribution in [-0.2, 0) is 6.42 Å². The van der Waals surface area contributed by atoms with Crippen LogP contribution in [0.3, 0.4) is 0 Å². The lowest BCUT2D eigenvalue weighted by atomic mass is 9.93. The predicted octanol–water partition coefficient (Wildman–Crippen LogP) is 4.32. The first-order valence-corrected chi connectivity index (χ1v) is 5.96. The lowest BCUT2D eigenvalue weighted by Gasteiger charge is -2.12. The van der Waals surface area contributed by atoms with E-state index in [0.29, 0.717) is 6.42 Å². The van der Waals surface area contributed by atoms with E-state index in [1.807, 2.05) is 36.4 Å². The van der Waals surface area contributed by atoms with Gasteiger partial charge in [0.1, 0.15) is 11.6 Å². The van der Waals surface area contributed by atoms with Crippen molar-refractivity contribution in [3.05, 3.63) is 76.9 Å². The van der Waals surface area contributed by atoms with Crippen molar-refractivity contribution in [2.45, 2.75) is 12.3 Å². The molecule has 1 aliphatic carbocycles. The fraction of sp³-hybridized carbons (Fsp3) is 0.125. The molecule has 2 aromatic carbocycles. The molecule has 3 rings (SSSR count). The number of hydrogen-bond acceptors (Lipinski definition) is 0. The second-order valence-electron chi connectivity index (χ2n) is 4.50. The fourth-order valence-corrected chi connectivity index (χ4v) is 2.45. The molecule has 0 radical (unpaired) electrons. The first-order chi connectivity index (χ1) is 8.75. The summed E-state index contributed by atoms with van der Waals surface area (Å²) in [6, 6.07) is 12.0. The van der Waals surface area contributed by atoms with Gasteiger partial charge in [0.2, 0.25) is 0 Å². The molecule has 0 amide bonds. The van der Waals surface area contributed by atoms with Crippen LogP contribution < -0.4 is 0 Å². The van der Waals surface area contributed by atoms with Crippen molar-refractivity contribution in [1.82, 2.24) is 0 Å². The van der Waals surface area contributed by atoms with Gasteiger partial charge in [-0.15, -0.1) is 0 Å². The molecule has 0 saturated carbocycles. The highest BCUT2D eigenvalue weighted by atomic mass is 19.1. The minimum Gasteiger partial charge on any atom is -0.207 e. The third-order valence-corrected chi connectivity index (χ3v) is 3.39. The molecular formula is C16H12F2. The molecule has 0 saturated heterocycles. The van der Waals surface area contributed by atoms with Crippen LogP contribution in [0.25, 0.3) is 6.08 Å². The summed E-state index contributed by atoms with van der Waals surface area (Å²) in [5, 5.41) is 0. The highest BCUT2D eigenvalue weighted by Gasteiger charge is 2.20. The van der Waals surface area contributed by atoms with Crippen LogP contribution in [0.1, 0.15) is 22.6 Å². The van der Waals surface area contributed by atoms with Gasteiger partial charge >= 0.3 is 0 Å². The van der Waals surface area contributed by atoms with Gasteiger partial charge in [0, 0.05) is 11.5 Å². The van der Waals surface area contributed by atoms with Crippen molar-refractivity contribution >= 4 is 6.08 Å². The summed E-state index contributed by atoms with van der Waals surface area (Å²) in [4.78, 5) is 0. The zero-order valence-corrected chi connectivity index (χ0v) is 9.74. The van der Waals surface area contributed by atoms with Crippen LogP contribution >= 0.6 is 0 Å². The Kier molecular flexibility index (Phi) is 2.71. The lowest BCUT2D eigenvalue weighted by molar-refractivity contribution is 0.549. The molecule has 1 aliphatic rings. The average Bonchev–Trinajstić information content (AvgIpc) is 2.77. The predicted molar refractivity (Wildman–Crippen MR) is 68.3 cm³/mol. The first-order valence-electron chi connectivity index (χ1n) is 5.96. The molecule has 0 spiro atoms. The molecule has 90 valence electrons. The Morgan fingerprint density at radius 2 is 1.61 bits per heavy atom. The topological polar surface area (TPSA) is 0 Å². The van der Waals surface area contributed by atoms with Crippen LogP contribution in [0.2, 0.25) is 0 Å². The Morgan fingerprint density at radius 1 is 0.889 bits per heavy atom. The maximum Gasteiger partial charge on any atom is 0.129 e. The molecule has 0 nitrogen and oxygen atoms in total. The standard InChI is InChI=1S/C16H12F2/c17-15-6-3-7-16(18)14(15)10-12-9-8-11-4-1-2-5-13(11)12/h1-9,12H,10H2. The van der Waals surface area contributed by atoms with Crippen molar-refractivity contribution < 1.29 is 8.78 Å². The molecule has 2 heteroatoms. The minimum absolute atomic E-state index is 0.0626. The van der Waals surface area contributed by atoms with E-state index >= 15 is 0 Å². The summed E-state index contributed by atoms with van der Waals surface area (Å²) in [6.45, 7) is 0.